The van der Waals surface area contributed by atoms with E-state index in [1.165, 1.54) is 11.1 Å². The molecule has 0 unspecified atom stereocenters. The lowest BCUT2D eigenvalue weighted by atomic mass is 9.94. The average molecular weight is 329 g/mol. The third-order valence-electron chi connectivity index (χ3n) is 4.06. The number of rotatable bonds is 3. The molecule has 8 nitrogen and oxygen atoms in total. The highest BCUT2D eigenvalue weighted by atomic mass is 16.4. The molecule has 1 aromatic heterocycles. The summed E-state index contributed by atoms with van der Waals surface area (Å²) in [4.78, 5) is 50.1. The van der Waals surface area contributed by atoms with Crippen molar-refractivity contribution in [3.8, 4) is 0 Å². The molecule has 1 aliphatic rings. The minimum absolute atomic E-state index is 0.171. The second-order valence-electron chi connectivity index (χ2n) is 5.59. The fourth-order valence-electron chi connectivity index (χ4n) is 2.81. The van der Waals surface area contributed by atoms with E-state index in [2.05, 4.69) is 4.98 Å². The highest BCUT2D eigenvalue weighted by Gasteiger charge is 2.34. The molecular formula is C16H15N3O5. The summed E-state index contributed by atoms with van der Waals surface area (Å²) in [5.41, 5.74) is 0.520. The van der Waals surface area contributed by atoms with Gasteiger partial charge in [-0.25, -0.2) is 9.59 Å². The van der Waals surface area contributed by atoms with Gasteiger partial charge >= 0.3 is 11.7 Å². The highest BCUT2D eigenvalue weighted by Crippen LogP contribution is 2.23. The van der Waals surface area contributed by atoms with Crippen LogP contribution in [0.2, 0.25) is 0 Å². The minimum atomic E-state index is -1.09. The Morgan fingerprint density at radius 1 is 1.17 bits per heavy atom. The number of carboxylic acids is 1. The van der Waals surface area contributed by atoms with Crippen molar-refractivity contribution in [2.45, 2.75) is 25.6 Å². The molecule has 1 aliphatic heterocycles. The van der Waals surface area contributed by atoms with Crippen LogP contribution >= 0.6 is 0 Å². The molecule has 0 saturated heterocycles. The second kappa shape index (κ2) is 6.15. The van der Waals surface area contributed by atoms with E-state index in [1.54, 1.807) is 0 Å². The number of aromatic amines is 1. The van der Waals surface area contributed by atoms with E-state index >= 15 is 0 Å². The zero-order valence-electron chi connectivity index (χ0n) is 12.6. The Kier molecular flexibility index (Phi) is 4.03. The molecule has 0 aliphatic carbocycles. The molecule has 2 aromatic rings. The minimum Gasteiger partial charge on any atom is -0.480 e. The number of carbonyl (C=O) groups is 2. The van der Waals surface area contributed by atoms with Gasteiger partial charge in [0, 0.05) is 25.2 Å². The molecule has 24 heavy (non-hydrogen) atoms. The van der Waals surface area contributed by atoms with Gasteiger partial charge in [-0.1, -0.05) is 24.3 Å². The SMILES string of the molecule is O=C(O)[C@H]1Cc2ccccc2CN1C(=O)Cn1ccc(=O)[nH]c1=O. The van der Waals surface area contributed by atoms with Crippen LogP contribution in [-0.2, 0) is 29.1 Å². The molecule has 1 aromatic carbocycles. The van der Waals surface area contributed by atoms with E-state index in [9.17, 15) is 24.3 Å². The Hall–Kier alpha value is -3.16. The number of aliphatic carboxylic acids is 1. The number of aromatic nitrogens is 2. The second-order valence-corrected chi connectivity index (χ2v) is 5.59. The van der Waals surface area contributed by atoms with E-state index < -0.39 is 29.2 Å². The Balaban J connectivity index is 1.88. The van der Waals surface area contributed by atoms with Gasteiger partial charge in [0.25, 0.3) is 5.56 Å². The van der Waals surface area contributed by atoms with Gasteiger partial charge < -0.3 is 10.0 Å². The first-order valence-electron chi connectivity index (χ1n) is 7.34. The normalized spacial score (nSPS) is 16.5. The lowest BCUT2D eigenvalue weighted by Crippen LogP contribution is -2.50. The molecule has 0 fully saturated rings. The third-order valence-corrected chi connectivity index (χ3v) is 4.06. The number of fused-ring (bicyclic) bond motifs is 1. The number of hydrogen-bond donors (Lipinski definition) is 2. The van der Waals surface area contributed by atoms with Crippen molar-refractivity contribution in [3.05, 3.63) is 68.5 Å². The van der Waals surface area contributed by atoms with Gasteiger partial charge in [-0.15, -0.1) is 0 Å². The van der Waals surface area contributed by atoms with Crippen molar-refractivity contribution in [1.82, 2.24) is 14.5 Å². The van der Waals surface area contributed by atoms with Crippen molar-refractivity contribution in [2.24, 2.45) is 0 Å². The number of nitrogens with one attached hydrogen (secondary N) is 1. The number of amides is 1. The van der Waals surface area contributed by atoms with Crippen molar-refractivity contribution in [1.29, 1.82) is 0 Å². The van der Waals surface area contributed by atoms with Gasteiger partial charge in [-0.3, -0.25) is 19.1 Å². The summed E-state index contributed by atoms with van der Waals surface area (Å²) in [6.45, 7) is -0.161. The molecule has 2 N–H and O–H groups in total. The lowest BCUT2D eigenvalue weighted by molar-refractivity contribution is -0.151. The molecule has 0 radical (unpaired) electrons. The summed E-state index contributed by atoms with van der Waals surface area (Å²) in [6, 6.07) is 7.50. The fourth-order valence-corrected chi connectivity index (χ4v) is 2.81. The summed E-state index contributed by atoms with van der Waals surface area (Å²) in [5.74, 6) is -1.59. The van der Waals surface area contributed by atoms with E-state index in [1.807, 2.05) is 24.3 Å². The maximum Gasteiger partial charge on any atom is 0.328 e. The number of carbonyl (C=O) groups excluding carboxylic acids is 1. The third kappa shape index (κ3) is 2.98. The van der Waals surface area contributed by atoms with Crippen LogP contribution in [0, 0.1) is 0 Å². The van der Waals surface area contributed by atoms with Crippen LogP contribution in [0.5, 0.6) is 0 Å². The first kappa shape index (κ1) is 15.7. The van der Waals surface area contributed by atoms with Gasteiger partial charge in [-0.2, -0.15) is 0 Å². The summed E-state index contributed by atoms with van der Waals surface area (Å²) in [7, 11) is 0. The van der Waals surface area contributed by atoms with Crippen LogP contribution in [0.15, 0.2) is 46.1 Å². The van der Waals surface area contributed by atoms with Gasteiger partial charge in [-0.05, 0) is 11.1 Å². The molecule has 1 atom stereocenters. The van der Waals surface area contributed by atoms with E-state index in [4.69, 9.17) is 0 Å². The maximum absolute atomic E-state index is 12.5. The van der Waals surface area contributed by atoms with E-state index in [0.717, 1.165) is 21.8 Å². The molecule has 2 heterocycles. The van der Waals surface area contributed by atoms with Gasteiger partial charge in [0.1, 0.15) is 12.6 Å². The highest BCUT2D eigenvalue weighted by molar-refractivity contribution is 5.84. The fraction of sp³-hybridized carbons (Fsp3) is 0.250. The Bertz CT molecular complexity index is 914. The lowest BCUT2D eigenvalue weighted by Gasteiger charge is -2.34. The summed E-state index contributed by atoms with van der Waals surface area (Å²) < 4.78 is 1.04. The Morgan fingerprint density at radius 3 is 2.54 bits per heavy atom. The van der Waals surface area contributed by atoms with Crippen LogP contribution in [0.1, 0.15) is 11.1 Å². The zero-order valence-corrected chi connectivity index (χ0v) is 12.6. The largest absolute Gasteiger partial charge is 0.480 e. The van der Waals surface area contributed by atoms with Gasteiger partial charge in [0.15, 0.2) is 0 Å². The molecule has 1 amide bonds. The van der Waals surface area contributed by atoms with Crippen LogP contribution in [-0.4, -0.2) is 37.5 Å². The van der Waals surface area contributed by atoms with Gasteiger partial charge in [0.05, 0.1) is 0 Å². The predicted molar refractivity (Wildman–Crippen MR) is 83.4 cm³/mol. The van der Waals surface area contributed by atoms with Crippen molar-refractivity contribution >= 4 is 11.9 Å². The van der Waals surface area contributed by atoms with E-state index in [0.29, 0.717) is 0 Å². The first-order valence-corrected chi connectivity index (χ1v) is 7.34. The molecule has 0 saturated carbocycles. The number of H-pyrrole nitrogens is 1. The number of nitrogens with zero attached hydrogens (tertiary/aromatic N) is 2. The first-order chi connectivity index (χ1) is 11.5. The van der Waals surface area contributed by atoms with Crippen LogP contribution in [0.4, 0.5) is 0 Å². The molecule has 3 rings (SSSR count). The monoisotopic (exact) mass is 329 g/mol. The predicted octanol–water partition coefficient (Wildman–Crippen LogP) is -0.425. The molecular weight excluding hydrogens is 314 g/mol. The average Bonchev–Trinajstić information content (AvgIpc) is 2.56. The van der Waals surface area contributed by atoms with E-state index in [-0.39, 0.29) is 19.5 Å². The Labute approximate surface area is 136 Å². The molecule has 124 valence electrons. The summed E-state index contributed by atoms with van der Waals surface area (Å²) in [5, 5.41) is 9.43. The topological polar surface area (TPSA) is 112 Å². The Morgan fingerprint density at radius 2 is 1.88 bits per heavy atom. The number of hydrogen-bond acceptors (Lipinski definition) is 4. The quantitative estimate of drug-likeness (QED) is 0.794. The number of benzene rings is 1. The molecule has 0 spiro atoms. The van der Waals surface area contributed by atoms with Crippen molar-refractivity contribution in [2.75, 3.05) is 0 Å². The van der Waals surface area contributed by atoms with Crippen molar-refractivity contribution < 1.29 is 14.7 Å². The zero-order chi connectivity index (χ0) is 17.3. The van der Waals surface area contributed by atoms with Crippen LogP contribution in [0.3, 0.4) is 0 Å². The molecule has 8 heteroatoms. The summed E-state index contributed by atoms with van der Waals surface area (Å²) in [6.07, 6.45) is 1.44. The number of carboxylic acid groups (broad SMARTS) is 1. The standard InChI is InChI=1S/C16H15N3O5/c20-13-5-6-18(16(24)17-13)9-14(21)19-8-11-4-2-1-3-10(11)7-12(19)15(22)23/h1-6,12H,7-9H2,(H,22,23)(H,17,20,24)/t12-/m1/s1. The van der Waals surface area contributed by atoms with Gasteiger partial charge in [0.2, 0.25) is 5.91 Å². The van der Waals surface area contributed by atoms with Crippen LogP contribution < -0.4 is 11.2 Å². The van der Waals surface area contributed by atoms with Crippen molar-refractivity contribution in [3.63, 3.8) is 0 Å². The van der Waals surface area contributed by atoms with Crippen LogP contribution in [0.25, 0.3) is 0 Å². The molecule has 0 bridgehead atoms. The smallest absolute Gasteiger partial charge is 0.328 e. The maximum atomic E-state index is 12.5. The summed E-state index contributed by atoms with van der Waals surface area (Å²) >= 11 is 0.